The van der Waals surface area contributed by atoms with Crippen molar-refractivity contribution in [1.82, 2.24) is 20.2 Å². The van der Waals surface area contributed by atoms with E-state index in [9.17, 15) is 13.6 Å². The molecule has 154 valence electrons. The third kappa shape index (κ3) is 3.70. The van der Waals surface area contributed by atoms with Crippen LogP contribution >= 0.6 is 0 Å². The number of amides is 1. The molecule has 0 aliphatic carbocycles. The summed E-state index contributed by atoms with van der Waals surface area (Å²) in [5, 5.41) is 12.8. The van der Waals surface area contributed by atoms with E-state index in [4.69, 9.17) is 4.42 Å². The number of fused-ring (bicyclic) bond motifs is 1. The quantitative estimate of drug-likeness (QED) is 0.494. The van der Waals surface area contributed by atoms with E-state index in [1.165, 1.54) is 12.4 Å². The van der Waals surface area contributed by atoms with Crippen molar-refractivity contribution in [3.8, 4) is 22.6 Å². The number of carbonyl (C=O) groups is 1. The van der Waals surface area contributed by atoms with E-state index in [2.05, 4.69) is 30.8 Å². The zero-order valence-electron chi connectivity index (χ0n) is 15.8. The maximum Gasteiger partial charge on any atom is 0.314 e. The number of benzene rings is 2. The molecule has 2 aromatic carbocycles. The van der Waals surface area contributed by atoms with Crippen molar-refractivity contribution in [3.63, 3.8) is 0 Å². The predicted octanol–water partition coefficient (Wildman–Crippen LogP) is 4.37. The maximum absolute atomic E-state index is 12.6. The van der Waals surface area contributed by atoms with Gasteiger partial charge in [-0.2, -0.15) is 8.78 Å². The Morgan fingerprint density at radius 1 is 1.03 bits per heavy atom. The van der Waals surface area contributed by atoms with E-state index in [1.54, 1.807) is 0 Å². The highest BCUT2D eigenvalue weighted by Crippen LogP contribution is 2.37. The van der Waals surface area contributed by atoms with Crippen molar-refractivity contribution < 1.29 is 18.0 Å². The van der Waals surface area contributed by atoms with Crippen molar-refractivity contribution >= 4 is 23.2 Å². The van der Waals surface area contributed by atoms with Gasteiger partial charge in [0.2, 0.25) is 11.9 Å². The molecule has 0 unspecified atom stereocenters. The molecule has 0 fully saturated rings. The zero-order valence-corrected chi connectivity index (χ0v) is 15.8. The molecule has 10 heteroatoms. The van der Waals surface area contributed by atoms with Crippen molar-refractivity contribution in [2.75, 3.05) is 10.6 Å². The fourth-order valence-electron chi connectivity index (χ4n) is 3.35. The van der Waals surface area contributed by atoms with Gasteiger partial charge < -0.3 is 15.1 Å². The second kappa shape index (κ2) is 7.56. The molecular weight excluding hydrogens is 406 g/mol. The van der Waals surface area contributed by atoms with Crippen LogP contribution in [0.15, 0.2) is 59.3 Å². The number of halogens is 2. The Labute approximate surface area is 174 Å². The molecule has 5 rings (SSSR count). The molecule has 0 bridgehead atoms. The van der Waals surface area contributed by atoms with Crippen molar-refractivity contribution in [2.45, 2.75) is 12.8 Å². The van der Waals surface area contributed by atoms with E-state index in [0.29, 0.717) is 17.7 Å². The number of anilines is 3. The average Bonchev–Trinajstić information content (AvgIpc) is 3.41. The van der Waals surface area contributed by atoms with Gasteiger partial charge in [-0.1, -0.05) is 30.3 Å². The van der Waals surface area contributed by atoms with Crippen LogP contribution in [-0.4, -0.2) is 26.1 Å². The topological polar surface area (TPSA) is 106 Å². The molecule has 1 amide bonds. The van der Waals surface area contributed by atoms with Crippen molar-refractivity contribution in [2.24, 2.45) is 0 Å². The molecule has 0 atom stereocenters. The zero-order chi connectivity index (χ0) is 21.4. The second-order valence-corrected chi connectivity index (χ2v) is 6.81. The van der Waals surface area contributed by atoms with Gasteiger partial charge in [0.05, 0.1) is 12.0 Å². The Balaban J connectivity index is 1.43. The fourth-order valence-corrected chi connectivity index (χ4v) is 3.35. The lowest BCUT2D eigenvalue weighted by Gasteiger charge is -2.12. The summed E-state index contributed by atoms with van der Waals surface area (Å²) >= 11 is 0. The van der Waals surface area contributed by atoms with Crippen molar-refractivity contribution in [3.05, 3.63) is 66.3 Å². The van der Waals surface area contributed by atoms with Gasteiger partial charge in [-0.25, -0.2) is 9.97 Å². The molecule has 8 nitrogen and oxygen atoms in total. The summed E-state index contributed by atoms with van der Waals surface area (Å²) in [6, 6.07) is 13.5. The fraction of sp³-hybridized carbons (Fsp3) is 0.0952. The molecule has 1 aliphatic rings. The summed E-state index contributed by atoms with van der Waals surface area (Å²) in [6.45, 7) is 0. The number of alkyl halides is 2. The number of hydrogen-bond donors (Lipinski definition) is 2. The minimum atomic E-state index is -2.85. The van der Waals surface area contributed by atoms with Gasteiger partial charge in [0.25, 0.3) is 11.8 Å². The third-order valence-electron chi connectivity index (χ3n) is 4.73. The van der Waals surface area contributed by atoms with E-state index < -0.39 is 12.3 Å². The normalized spacial score (nSPS) is 12.7. The van der Waals surface area contributed by atoms with Crippen LogP contribution < -0.4 is 10.6 Å². The Kier molecular flexibility index (Phi) is 4.58. The molecule has 0 saturated heterocycles. The summed E-state index contributed by atoms with van der Waals surface area (Å²) in [6.07, 6.45) is 0.259. The standard InChI is InChI=1S/C21H14F2N6O2/c22-18(23)20-29-28-19(31-20)12-9-24-21(25-10-12)26-13-6-14(11-4-2-1-3-5-11)15-8-17(30)27-16(15)7-13/h1-7,9-10,18H,8H2,(H,27,30)(H,24,25,26). The van der Waals surface area contributed by atoms with Crippen LogP contribution in [0.25, 0.3) is 22.6 Å². The highest BCUT2D eigenvalue weighted by molar-refractivity contribution is 6.03. The van der Waals surface area contributed by atoms with Gasteiger partial charge in [-0.3, -0.25) is 4.79 Å². The molecular formula is C21H14F2N6O2. The highest BCUT2D eigenvalue weighted by atomic mass is 19.3. The van der Waals surface area contributed by atoms with Crippen LogP contribution in [0.3, 0.4) is 0 Å². The van der Waals surface area contributed by atoms with Gasteiger partial charge in [-0.05, 0) is 28.8 Å². The molecule has 4 aromatic rings. The Bertz CT molecular complexity index is 1260. The van der Waals surface area contributed by atoms with Crippen LogP contribution in [-0.2, 0) is 11.2 Å². The summed E-state index contributed by atoms with van der Waals surface area (Å²) in [5.41, 5.74) is 4.59. The molecule has 2 aromatic heterocycles. The van der Waals surface area contributed by atoms with E-state index in [-0.39, 0.29) is 17.7 Å². The SMILES string of the molecule is O=C1Cc2c(cc(Nc3ncc(-c4nnc(C(F)F)o4)cn3)cc2-c2ccccc2)N1. The van der Waals surface area contributed by atoms with Gasteiger partial charge in [0.15, 0.2) is 0 Å². The molecule has 31 heavy (non-hydrogen) atoms. The number of carbonyl (C=O) groups excluding carboxylic acids is 1. The lowest BCUT2D eigenvalue weighted by Crippen LogP contribution is -2.03. The molecule has 0 spiro atoms. The Hall–Kier alpha value is -4.21. The first-order valence-electron chi connectivity index (χ1n) is 9.30. The maximum atomic E-state index is 12.6. The lowest BCUT2D eigenvalue weighted by atomic mass is 9.97. The first kappa shape index (κ1) is 18.8. The van der Waals surface area contributed by atoms with Crippen LogP contribution in [0.4, 0.5) is 26.1 Å². The van der Waals surface area contributed by atoms with Crippen LogP contribution in [0.5, 0.6) is 0 Å². The van der Waals surface area contributed by atoms with Gasteiger partial charge in [0, 0.05) is 23.8 Å². The van der Waals surface area contributed by atoms with Crippen LogP contribution in [0.1, 0.15) is 17.9 Å². The number of nitrogens with one attached hydrogen (secondary N) is 2. The largest absolute Gasteiger partial charge is 0.415 e. The van der Waals surface area contributed by atoms with Gasteiger partial charge in [-0.15, -0.1) is 10.2 Å². The number of aromatic nitrogens is 4. The van der Waals surface area contributed by atoms with E-state index in [1.807, 2.05) is 42.5 Å². The smallest absolute Gasteiger partial charge is 0.314 e. The van der Waals surface area contributed by atoms with Crippen LogP contribution in [0.2, 0.25) is 0 Å². The molecule has 3 heterocycles. The van der Waals surface area contributed by atoms with Crippen molar-refractivity contribution in [1.29, 1.82) is 0 Å². The minimum Gasteiger partial charge on any atom is -0.415 e. The first-order chi connectivity index (χ1) is 15.1. The predicted molar refractivity (Wildman–Crippen MR) is 108 cm³/mol. The van der Waals surface area contributed by atoms with Crippen LogP contribution in [0, 0.1) is 0 Å². The number of hydrogen-bond acceptors (Lipinski definition) is 7. The van der Waals surface area contributed by atoms with E-state index >= 15 is 0 Å². The third-order valence-corrected chi connectivity index (χ3v) is 4.73. The summed E-state index contributed by atoms with van der Waals surface area (Å²) in [4.78, 5) is 20.3. The van der Waals surface area contributed by atoms with Gasteiger partial charge >= 0.3 is 6.43 Å². The molecule has 0 radical (unpaired) electrons. The average molecular weight is 420 g/mol. The summed E-state index contributed by atoms with van der Waals surface area (Å²) in [5.74, 6) is -0.632. The molecule has 2 N–H and O–H groups in total. The lowest BCUT2D eigenvalue weighted by molar-refractivity contribution is -0.115. The summed E-state index contributed by atoms with van der Waals surface area (Å²) < 4.78 is 30.1. The second-order valence-electron chi connectivity index (χ2n) is 6.81. The Morgan fingerprint density at radius 2 is 1.81 bits per heavy atom. The monoisotopic (exact) mass is 420 g/mol. The number of nitrogens with zero attached hydrogens (tertiary/aromatic N) is 4. The Morgan fingerprint density at radius 3 is 2.52 bits per heavy atom. The number of rotatable bonds is 5. The minimum absolute atomic E-state index is 0.0624. The molecule has 1 aliphatic heterocycles. The van der Waals surface area contributed by atoms with E-state index in [0.717, 1.165) is 22.4 Å². The first-order valence-corrected chi connectivity index (χ1v) is 9.30. The van der Waals surface area contributed by atoms with Gasteiger partial charge in [0.1, 0.15) is 0 Å². The summed E-state index contributed by atoms with van der Waals surface area (Å²) in [7, 11) is 0. The highest BCUT2D eigenvalue weighted by Gasteiger charge is 2.23. The molecule has 0 saturated carbocycles.